The maximum Gasteiger partial charge on any atom is 0.124 e. The monoisotopic (exact) mass is 478 g/mol. The summed E-state index contributed by atoms with van der Waals surface area (Å²) < 4.78 is 0. The van der Waals surface area contributed by atoms with Crippen molar-refractivity contribution in [2.45, 2.75) is 52.4 Å². The molecule has 4 aromatic rings. The molecule has 0 aliphatic rings. The molecule has 2 atom stereocenters. The van der Waals surface area contributed by atoms with E-state index in [0.717, 1.165) is 35.0 Å². The second kappa shape index (κ2) is 11.2. The maximum absolute atomic E-state index is 10.4. The quantitative estimate of drug-likeness (QED) is 0.249. The van der Waals surface area contributed by atoms with Crippen molar-refractivity contribution in [3.8, 4) is 11.5 Å². The lowest BCUT2D eigenvalue weighted by Crippen LogP contribution is -1.93. The highest BCUT2D eigenvalue weighted by Gasteiger charge is 2.09. The number of nitrogens with zero attached hydrogens (tertiary/aromatic N) is 2. The highest BCUT2D eigenvalue weighted by molar-refractivity contribution is 6.04. The predicted molar refractivity (Wildman–Crippen MR) is 152 cm³/mol. The van der Waals surface area contributed by atoms with Crippen LogP contribution in [0.3, 0.4) is 0 Å². The normalized spacial score (nSPS) is 13.6. The Hall–Kier alpha value is -3.92. The molecule has 0 aromatic heterocycles. The third kappa shape index (κ3) is 5.49. The van der Waals surface area contributed by atoms with Crippen LogP contribution in [-0.2, 0) is 0 Å². The summed E-state index contributed by atoms with van der Waals surface area (Å²) in [6.07, 6.45) is 5.50. The summed E-state index contributed by atoms with van der Waals surface area (Å²) in [4.78, 5) is 9.53. The van der Waals surface area contributed by atoms with Crippen molar-refractivity contribution >= 4 is 34.6 Å². The standard InChI is InChI=1S/C32H34N2O2/c1-5-21(3)24-13-15-30(35)26(17-24)19-33-28-11-7-9-23-10-8-12-29(32(23)28)34-20-27-18-25(22(4)6-2)14-16-31(27)36/h7-22,35-36H,5-6H2,1-4H3. The molecular weight excluding hydrogens is 444 g/mol. The second-order valence-corrected chi connectivity index (χ2v) is 9.42. The van der Waals surface area contributed by atoms with Crippen molar-refractivity contribution in [3.63, 3.8) is 0 Å². The molecule has 184 valence electrons. The molecule has 0 fully saturated rings. The minimum Gasteiger partial charge on any atom is -0.507 e. The zero-order chi connectivity index (χ0) is 25.7. The van der Waals surface area contributed by atoms with Gasteiger partial charge in [-0.3, -0.25) is 9.98 Å². The summed E-state index contributed by atoms with van der Waals surface area (Å²) in [7, 11) is 0. The van der Waals surface area contributed by atoms with Crippen LogP contribution in [0.1, 0.15) is 74.6 Å². The Bertz CT molecular complexity index is 1320. The molecule has 0 heterocycles. The number of aliphatic imine (C=N–C) groups is 2. The van der Waals surface area contributed by atoms with E-state index in [4.69, 9.17) is 9.98 Å². The van der Waals surface area contributed by atoms with E-state index >= 15 is 0 Å². The number of phenols is 2. The molecule has 4 heteroatoms. The van der Waals surface area contributed by atoms with Crippen LogP contribution >= 0.6 is 0 Å². The van der Waals surface area contributed by atoms with Gasteiger partial charge in [0.2, 0.25) is 0 Å². The van der Waals surface area contributed by atoms with Gasteiger partial charge in [-0.25, -0.2) is 0 Å². The Labute approximate surface area is 213 Å². The highest BCUT2D eigenvalue weighted by Crippen LogP contribution is 2.35. The van der Waals surface area contributed by atoms with Crippen molar-refractivity contribution in [2.24, 2.45) is 9.98 Å². The lowest BCUT2D eigenvalue weighted by Gasteiger charge is -2.11. The van der Waals surface area contributed by atoms with Gasteiger partial charge in [-0.1, -0.05) is 64.1 Å². The Morgan fingerprint density at radius 2 is 1.11 bits per heavy atom. The minimum absolute atomic E-state index is 0.209. The van der Waals surface area contributed by atoms with Gasteiger partial charge >= 0.3 is 0 Å². The van der Waals surface area contributed by atoms with Gasteiger partial charge in [0.15, 0.2) is 0 Å². The SMILES string of the molecule is CCC(C)c1ccc(O)c(C=Nc2cccc3cccc(N=Cc4cc(C(C)CC)ccc4O)c23)c1. The van der Waals surface area contributed by atoms with Crippen LogP contribution in [0.4, 0.5) is 11.4 Å². The summed E-state index contributed by atoms with van der Waals surface area (Å²) >= 11 is 0. The fraction of sp³-hybridized carbons (Fsp3) is 0.250. The van der Waals surface area contributed by atoms with Crippen molar-refractivity contribution < 1.29 is 10.2 Å². The summed E-state index contributed by atoms with van der Waals surface area (Å²) in [6, 6.07) is 23.3. The number of aromatic hydroxyl groups is 2. The van der Waals surface area contributed by atoms with Crippen LogP contribution in [0.15, 0.2) is 82.8 Å². The van der Waals surface area contributed by atoms with E-state index in [-0.39, 0.29) is 11.5 Å². The van der Waals surface area contributed by atoms with E-state index in [1.807, 2.05) is 60.7 Å². The third-order valence-corrected chi connectivity index (χ3v) is 7.01. The Balaban J connectivity index is 1.74. The summed E-state index contributed by atoms with van der Waals surface area (Å²) in [5, 5.41) is 22.8. The zero-order valence-electron chi connectivity index (χ0n) is 21.4. The first-order valence-electron chi connectivity index (χ1n) is 12.7. The fourth-order valence-electron chi connectivity index (χ4n) is 4.23. The van der Waals surface area contributed by atoms with E-state index < -0.39 is 0 Å². The molecule has 0 radical (unpaired) electrons. The molecule has 2 N–H and O–H groups in total. The van der Waals surface area contributed by atoms with Crippen LogP contribution in [0.2, 0.25) is 0 Å². The molecule has 2 unspecified atom stereocenters. The Morgan fingerprint density at radius 3 is 1.53 bits per heavy atom. The van der Waals surface area contributed by atoms with E-state index in [9.17, 15) is 10.2 Å². The number of phenolic OH excluding ortho intramolecular Hbond substituents is 2. The number of benzene rings is 4. The van der Waals surface area contributed by atoms with Crippen LogP contribution in [-0.4, -0.2) is 22.6 Å². The highest BCUT2D eigenvalue weighted by atomic mass is 16.3. The van der Waals surface area contributed by atoms with E-state index in [0.29, 0.717) is 23.0 Å². The van der Waals surface area contributed by atoms with Crippen LogP contribution in [0, 0.1) is 0 Å². The molecule has 0 bridgehead atoms. The maximum atomic E-state index is 10.4. The van der Waals surface area contributed by atoms with Crippen LogP contribution in [0.5, 0.6) is 11.5 Å². The summed E-state index contributed by atoms with van der Waals surface area (Å²) in [5.41, 5.74) is 5.28. The zero-order valence-corrected chi connectivity index (χ0v) is 21.4. The number of fused-ring (bicyclic) bond motifs is 1. The van der Waals surface area contributed by atoms with Crippen molar-refractivity contribution in [2.75, 3.05) is 0 Å². The van der Waals surface area contributed by atoms with E-state index in [2.05, 4.69) is 27.7 Å². The molecule has 0 saturated carbocycles. The van der Waals surface area contributed by atoms with Gasteiger partial charge in [0.05, 0.1) is 11.4 Å². The molecule has 0 spiro atoms. The number of hydrogen-bond donors (Lipinski definition) is 2. The molecule has 0 aliphatic carbocycles. The first-order chi connectivity index (χ1) is 17.4. The number of hydrogen-bond acceptors (Lipinski definition) is 4. The lowest BCUT2D eigenvalue weighted by atomic mass is 9.96. The van der Waals surface area contributed by atoms with Gasteiger partial charge in [0.1, 0.15) is 11.5 Å². The van der Waals surface area contributed by atoms with Crippen molar-refractivity contribution in [1.29, 1.82) is 0 Å². The van der Waals surface area contributed by atoms with Crippen LogP contribution < -0.4 is 0 Å². The average molecular weight is 479 g/mol. The predicted octanol–water partition coefficient (Wildman–Crippen LogP) is 8.78. The largest absolute Gasteiger partial charge is 0.507 e. The minimum atomic E-state index is 0.209. The first kappa shape index (κ1) is 25.2. The molecule has 0 aliphatic heterocycles. The molecule has 4 rings (SSSR count). The second-order valence-electron chi connectivity index (χ2n) is 9.42. The topological polar surface area (TPSA) is 65.2 Å². The molecule has 4 nitrogen and oxygen atoms in total. The number of rotatable bonds is 8. The van der Waals surface area contributed by atoms with E-state index in [1.54, 1.807) is 24.6 Å². The average Bonchev–Trinajstić information content (AvgIpc) is 2.91. The third-order valence-electron chi connectivity index (χ3n) is 7.01. The lowest BCUT2D eigenvalue weighted by molar-refractivity contribution is 0.473. The molecule has 0 saturated heterocycles. The summed E-state index contributed by atoms with van der Waals surface area (Å²) in [6.45, 7) is 8.67. The van der Waals surface area contributed by atoms with Crippen molar-refractivity contribution in [1.82, 2.24) is 0 Å². The first-order valence-corrected chi connectivity index (χ1v) is 12.7. The smallest absolute Gasteiger partial charge is 0.124 e. The molecule has 36 heavy (non-hydrogen) atoms. The van der Waals surface area contributed by atoms with Gasteiger partial charge in [-0.2, -0.15) is 0 Å². The van der Waals surface area contributed by atoms with Gasteiger partial charge in [0.25, 0.3) is 0 Å². The van der Waals surface area contributed by atoms with Gasteiger partial charge < -0.3 is 10.2 Å². The Kier molecular flexibility index (Phi) is 7.84. The van der Waals surface area contributed by atoms with Gasteiger partial charge in [-0.05, 0) is 77.6 Å². The van der Waals surface area contributed by atoms with Crippen LogP contribution in [0.25, 0.3) is 10.8 Å². The van der Waals surface area contributed by atoms with Crippen molar-refractivity contribution in [3.05, 3.63) is 95.1 Å². The molecular formula is C32H34N2O2. The Morgan fingerprint density at radius 1 is 0.667 bits per heavy atom. The van der Waals surface area contributed by atoms with Gasteiger partial charge in [0, 0.05) is 28.9 Å². The fourth-order valence-corrected chi connectivity index (χ4v) is 4.23. The summed E-state index contributed by atoms with van der Waals surface area (Å²) in [5.74, 6) is 1.24. The van der Waals surface area contributed by atoms with E-state index in [1.165, 1.54) is 11.1 Å². The van der Waals surface area contributed by atoms with Gasteiger partial charge in [-0.15, -0.1) is 0 Å². The molecule has 4 aromatic carbocycles. The molecule has 0 amide bonds.